The summed E-state index contributed by atoms with van der Waals surface area (Å²) in [5, 5.41) is 11.8. The third-order valence-corrected chi connectivity index (χ3v) is 4.07. The molecule has 112 valence electrons. The van der Waals surface area contributed by atoms with Gasteiger partial charge in [-0.05, 0) is 29.9 Å². The molecule has 0 saturated heterocycles. The molecule has 0 bridgehead atoms. The molecular weight excluding hydrogens is 284 g/mol. The summed E-state index contributed by atoms with van der Waals surface area (Å²) in [4.78, 5) is 12.1. The van der Waals surface area contributed by atoms with Crippen molar-refractivity contribution in [3.63, 3.8) is 0 Å². The topological polar surface area (TPSA) is 59.8 Å². The molecule has 1 aromatic carbocycles. The predicted octanol–water partition coefficient (Wildman–Crippen LogP) is 2.59. The normalized spacial score (nSPS) is 10.9. The van der Waals surface area contributed by atoms with E-state index in [1.807, 2.05) is 42.1 Å². The third kappa shape index (κ3) is 3.64. The lowest BCUT2D eigenvalue weighted by Gasteiger charge is -2.08. The second kappa shape index (κ2) is 6.76. The average molecular weight is 304 g/mol. The SMILES string of the molecule is CSc1nnc(CNC(=O)c2ccc(C(C)C)cc2)n1C. The Hall–Kier alpha value is -1.82. The first-order valence-corrected chi connectivity index (χ1v) is 8.05. The van der Waals surface area contributed by atoms with Gasteiger partial charge in [-0.1, -0.05) is 37.7 Å². The zero-order valence-corrected chi connectivity index (χ0v) is 13.6. The third-order valence-electron chi connectivity index (χ3n) is 3.35. The van der Waals surface area contributed by atoms with Gasteiger partial charge in [-0.15, -0.1) is 10.2 Å². The van der Waals surface area contributed by atoms with Gasteiger partial charge in [-0.3, -0.25) is 4.79 Å². The number of carbonyl (C=O) groups is 1. The summed E-state index contributed by atoms with van der Waals surface area (Å²) in [6, 6.07) is 7.70. The minimum absolute atomic E-state index is 0.0981. The highest BCUT2D eigenvalue weighted by Crippen LogP contribution is 2.15. The smallest absolute Gasteiger partial charge is 0.251 e. The van der Waals surface area contributed by atoms with Gasteiger partial charge >= 0.3 is 0 Å². The van der Waals surface area contributed by atoms with E-state index < -0.39 is 0 Å². The van der Waals surface area contributed by atoms with Gasteiger partial charge in [0, 0.05) is 12.6 Å². The first-order chi connectivity index (χ1) is 10.0. The minimum atomic E-state index is -0.0981. The lowest BCUT2D eigenvalue weighted by molar-refractivity contribution is 0.0949. The number of hydrogen-bond donors (Lipinski definition) is 1. The zero-order valence-electron chi connectivity index (χ0n) is 12.8. The highest BCUT2D eigenvalue weighted by Gasteiger charge is 2.10. The molecule has 21 heavy (non-hydrogen) atoms. The van der Waals surface area contributed by atoms with E-state index in [9.17, 15) is 4.79 Å². The van der Waals surface area contributed by atoms with Gasteiger partial charge in [0.15, 0.2) is 11.0 Å². The zero-order chi connectivity index (χ0) is 15.4. The fourth-order valence-electron chi connectivity index (χ4n) is 1.96. The van der Waals surface area contributed by atoms with Gasteiger partial charge in [0.05, 0.1) is 6.54 Å². The van der Waals surface area contributed by atoms with Crippen molar-refractivity contribution >= 4 is 17.7 Å². The van der Waals surface area contributed by atoms with Crippen molar-refractivity contribution in [1.29, 1.82) is 0 Å². The van der Waals surface area contributed by atoms with Crippen molar-refractivity contribution in [2.24, 2.45) is 7.05 Å². The van der Waals surface area contributed by atoms with Crippen LogP contribution in [0.4, 0.5) is 0 Å². The van der Waals surface area contributed by atoms with Crippen molar-refractivity contribution in [2.45, 2.75) is 31.5 Å². The number of benzene rings is 1. The number of aromatic nitrogens is 3. The van der Waals surface area contributed by atoms with Crippen LogP contribution >= 0.6 is 11.8 Å². The standard InChI is InChI=1S/C15H20N4OS/c1-10(2)11-5-7-12(8-6-11)14(20)16-9-13-17-18-15(21-4)19(13)3/h5-8,10H,9H2,1-4H3,(H,16,20). The molecule has 2 aromatic rings. The summed E-state index contributed by atoms with van der Waals surface area (Å²) in [5.74, 6) is 1.11. The first-order valence-electron chi connectivity index (χ1n) is 6.83. The molecule has 6 heteroatoms. The molecule has 0 aliphatic rings. The highest BCUT2D eigenvalue weighted by molar-refractivity contribution is 7.98. The molecule has 0 saturated carbocycles. The van der Waals surface area contributed by atoms with Crippen LogP contribution < -0.4 is 5.32 Å². The van der Waals surface area contributed by atoms with E-state index in [0.717, 1.165) is 11.0 Å². The van der Waals surface area contributed by atoms with Crippen LogP contribution in [0.1, 0.15) is 41.5 Å². The molecule has 0 spiro atoms. The summed E-state index contributed by atoms with van der Waals surface area (Å²) in [5.41, 5.74) is 1.89. The maximum absolute atomic E-state index is 12.1. The van der Waals surface area contributed by atoms with E-state index in [1.54, 1.807) is 0 Å². The van der Waals surface area contributed by atoms with Gasteiger partial charge in [-0.2, -0.15) is 0 Å². The Morgan fingerprint density at radius 1 is 1.29 bits per heavy atom. The quantitative estimate of drug-likeness (QED) is 0.863. The molecule has 2 rings (SSSR count). The van der Waals surface area contributed by atoms with Crippen LogP contribution in [0.5, 0.6) is 0 Å². The van der Waals surface area contributed by atoms with Crippen molar-refractivity contribution in [3.05, 3.63) is 41.2 Å². The lowest BCUT2D eigenvalue weighted by atomic mass is 10.0. The summed E-state index contributed by atoms with van der Waals surface area (Å²) in [7, 11) is 1.89. The maximum atomic E-state index is 12.1. The molecule has 1 amide bonds. The maximum Gasteiger partial charge on any atom is 0.251 e. The van der Waals surface area contributed by atoms with E-state index >= 15 is 0 Å². The Morgan fingerprint density at radius 3 is 2.48 bits per heavy atom. The van der Waals surface area contributed by atoms with Crippen LogP contribution in [-0.4, -0.2) is 26.9 Å². The second-order valence-electron chi connectivity index (χ2n) is 5.12. The number of rotatable bonds is 5. The van der Waals surface area contributed by atoms with E-state index in [-0.39, 0.29) is 5.91 Å². The first kappa shape index (κ1) is 15.6. The van der Waals surface area contributed by atoms with Gasteiger partial charge in [-0.25, -0.2) is 0 Å². The molecule has 0 atom stereocenters. The largest absolute Gasteiger partial charge is 0.345 e. The Balaban J connectivity index is 1.99. The molecule has 0 aliphatic carbocycles. The molecular formula is C15H20N4OS. The number of thioether (sulfide) groups is 1. The fraction of sp³-hybridized carbons (Fsp3) is 0.400. The van der Waals surface area contributed by atoms with Gasteiger partial charge in [0.25, 0.3) is 5.91 Å². The highest BCUT2D eigenvalue weighted by atomic mass is 32.2. The predicted molar refractivity (Wildman–Crippen MR) is 84.5 cm³/mol. The number of carbonyl (C=O) groups excluding carboxylic acids is 1. The summed E-state index contributed by atoms with van der Waals surface area (Å²) >= 11 is 1.53. The van der Waals surface area contributed by atoms with Crippen molar-refractivity contribution in [3.8, 4) is 0 Å². The Labute approximate surface area is 129 Å². The number of nitrogens with zero attached hydrogens (tertiary/aromatic N) is 3. The Bertz CT molecular complexity index is 619. The lowest BCUT2D eigenvalue weighted by Crippen LogP contribution is -2.24. The van der Waals surface area contributed by atoms with Crippen LogP contribution in [0, 0.1) is 0 Å². The number of hydrogen-bond acceptors (Lipinski definition) is 4. The molecule has 0 unspecified atom stereocenters. The molecule has 0 aliphatic heterocycles. The van der Waals surface area contributed by atoms with Crippen LogP contribution in [0.3, 0.4) is 0 Å². The van der Waals surface area contributed by atoms with Gasteiger partial charge < -0.3 is 9.88 Å². The summed E-state index contributed by atoms with van der Waals surface area (Å²) in [6.45, 7) is 4.63. The molecule has 1 heterocycles. The van der Waals surface area contributed by atoms with Crippen molar-refractivity contribution in [2.75, 3.05) is 6.26 Å². The van der Waals surface area contributed by atoms with Crippen molar-refractivity contribution < 1.29 is 4.79 Å². The summed E-state index contributed by atoms with van der Waals surface area (Å²) in [6.07, 6.45) is 1.95. The fourth-order valence-corrected chi connectivity index (χ4v) is 2.46. The average Bonchev–Trinajstić information content (AvgIpc) is 2.85. The van der Waals surface area contributed by atoms with E-state index in [0.29, 0.717) is 18.0 Å². The molecule has 5 nitrogen and oxygen atoms in total. The molecule has 1 N–H and O–H groups in total. The second-order valence-corrected chi connectivity index (χ2v) is 5.89. The number of nitrogens with one attached hydrogen (secondary N) is 1. The van der Waals surface area contributed by atoms with E-state index in [2.05, 4.69) is 29.4 Å². The van der Waals surface area contributed by atoms with Gasteiger partial charge in [0.2, 0.25) is 0 Å². The monoisotopic (exact) mass is 304 g/mol. The molecule has 1 aromatic heterocycles. The van der Waals surface area contributed by atoms with Crippen LogP contribution in [0.2, 0.25) is 0 Å². The van der Waals surface area contributed by atoms with Crippen molar-refractivity contribution in [1.82, 2.24) is 20.1 Å². The molecule has 0 radical (unpaired) electrons. The van der Waals surface area contributed by atoms with Gasteiger partial charge in [0.1, 0.15) is 0 Å². The Morgan fingerprint density at radius 2 is 1.95 bits per heavy atom. The van der Waals surface area contributed by atoms with Crippen LogP contribution in [0.25, 0.3) is 0 Å². The minimum Gasteiger partial charge on any atom is -0.345 e. The van der Waals surface area contributed by atoms with E-state index in [1.165, 1.54) is 17.3 Å². The number of amides is 1. The summed E-state index contributed by atoms with van der Waals surface area (Å²) < 4.78 is 1.88. The molecule has 0 fully saturated rings. The van der Waals surface area contributed by atoms with Crippen LogP contribution in [-0.2, 0) is 13.6 Å². The van der Waals surface area contributed by atoms with Crippen LogP contribution in [0.15, 0.2) is 29.4 Å². The Kier molecular flexibility index (Phi) is 5.01. The van der Waals surface area contributed by atoms with E-state index in [4.69, 9.17) is 0 Å².